The van der Waals surface area contributed by atoms with Gasteiger partial charge in [-0.05, 0) is 30.5 Å². The van der Waals surface area contributed by atoms with Crippen LogP contribution in [-0.2, 0) is 11.2 Å². The highest BCUT2D eigenvalue weighted by atomic mass is 35.5. The van der Waals surface area contributed by atoms with Crippen LogP contribution in [0.4, 0.5) is 4.39 Å². The highest BCUT2D eigenvalue weighted by molar-refractivity contribution is 6.31. The summed E-state index contributed by atoms with van der Waals surface area (Å²) in [4.78, 5) is 11.6. The molecule has 0 bridgehead atoms. The van der Waals surface area contributed by atoms with Gasteiger partial charge in [0.1, 0.15) is 5.82 Å². The first-order valence-electron chi connectivity index (χ1n) is 5.77. The Bertz CT molecular complexity index is 454. The van der Waals surface area contributed by atoms with E-state index in [4.69, 9.17) is 18.0 Å². The van der Waals surface area contributed by atoms with Crippen LogP contribution in [0.3, 0.4) is 0 Å². The van der Waals surface area contributed by atoms with E-state index in [9.17, 15) is 9.18 Å². The molecule has 0 heterocycles. The van der Waals surface area contributed by atoms with E-state index in [1.165, 1.54) is 18.2 Å². The lowest BCUT2D eigenvalue weighted by Gasteiger charge is -2.06. The highest BCUT2D eigenvalue weighted by Gasteiger charge is 2.07. The van der Waals surface area contributed by atoms with Gasteiger partial charge < -0.3 is 5.32 Å². The Hall–Kier alpha value is -1.53. The summed E-state index contributed by atoms with van der Waals surface area (Å²) in [6.07, 6.45) is 7.75. The van der Waals surface area contributed by atoms with Crippen LogP contribution in [0.2, 0.25) is 5.02 Å². The number of hydrogen-bond donors (Lipinski definition) is 1. The largest absolute Gasteiger partial charge is 0.356 e. The molecule has 4 heteroatoms. The first-order chi connectivity index (χ1) is 8.63. The number of unbranched alkanes of at least 4 members (excludes halogenated alkanes) is 2. The quantitative estimate of drug-likeness (QED) is 0.623. The number of terminal acetylenes is 1. The van der Waals surface area contributed by atoms with E-state index in [-0.39, 0.29) is 17.4 Å². The Morgan fingerprint density at radius 1 is 1.44 bits per heavy atom. The number of amides is 1. The predicted molar refractivity (Wildman–Crippen MR) is 70.8 cm³/mol. The average Bonchev–Trinajstić information content (AvgIpc) is 2.32. The number of benzene rings is 1. The third-order valence-corrected chi connectivity index (χ3v) is 2.79. The van der Waals surface area contributed by atoms with Gasteiger partial charge in [-0.25, -0.2) is 4.39 Å². The summed E-state index contributed by atoms with van der Waals surface area (Å²) >= 11 is 5.83. The van der Waals surface area contributed by atoms with Crippen molar-refractivity contribution in [3.05, 3.63) is 34.6 Å². The molecule has 1 N–H and O–H groups in total. The van der Waals surface area contributed by atoms with Gasteiger partial charge in [-0.2, -0.15) is 0 Å². The van der Waals surface area contributed by atoms with Crippen molar-refractivity contribution in [1.82, 2.24) is 5.32 Å². The molecular weight excluding hydrogens is 253 g/mol. The van der Waals surface area contributed by atoms with Crippen molar-refractivity contribution in [3.63, 3.8) is 0 Å². The molecule has 1 aromatic rings. The zero-order valence-corrected chi connectivity index (χ0v) is 10.8. The summed E-state index contributed by atoms with van der Waals surface area (Å²) in [5.41, 5.74) is 0.624. The van der Waals surface area contributed by atoms with Crippen molar-refractivity contribution in [2.24, 2.45) is 0 Å². The molecule has 0 saturated carbocycles. The molecule has 0 spiro atoms. The van der Waals surface area contributed by atoms with E-state index >= 15 is 0 Å². The van der Waals surface area contributed by atoms with E-state index in [0.717, 1.165) is 19.3 Å². The molecule has 0 aliphatic carbocycles. The summed E-state index contributed by atoms with van der Waals surface area (Å²) in [5.74, 6) is 2.02. The van der Waals surface area contributed by atoms with Crippen LogP contribution in [0, 0.1) is 18.2 Å². The smallest absolute Gasteiger partial charge is 0.224 e. The van der Waals surface area contributed by atoms with Gasteiger partial charge in [0.05, 0.1) is 6.42 Å². The van der Waals surface area contributed by atoms with E-state index in [2.05, 4.69) is 11.2 Å². The van der Waals surface area contributed by atoms with Crippen LogP contribution in [0.25, 0.3) is 0 Å². The second-order valence-corrected chi connectivity index (χ2v) is 4.33. The van der Waals surface area contributed by atoms with Crippen LogP contribution >= 0.6 is 11.6 Å². The lowest BCUT2D eigenvalue weighted by atomic mass is 10.1. The highest BCUT2D eigenvalue weighted by Crippen LogP contribution is 2.17. The minimum atomic E-state index is -0.404. The van der Waals surface area contributed by atoms with Crippen molar-refractivity contribution in [2.45, 2.75) is 25.7 Å². The van der Waals surface area contributed by atoms with Gasteiger partial charge in [0.25, 0.3) is 0 Å². The van der Waals surface area contributed by atoms with Crippen molar-refractivity contribution < 1.29 is 9.18 Å². The molecule has 0 aromatic heterocycles. The molecule has 96 valence electrons. The first kappa shape index (κ1) is 14.5. The molecule has 1 rings (SSSR count). The molecule has 0 saturated heterocycles. The van der Waals surface area contributed by atoms with Gasteiger partial charge in [0, 0.05) is 18.0 Å². The Kier molecular flexibility index (Phi) is 6.24. The molecular formula is C14H15ClFNO. The molecule has 0 aliphatic rings. The number of nitrogens with one attached hydrogen (secondary N) is 1. The van der Waals surface area contributed by atoms with Crippen LogP contribution in [0.1, 0.15) is 24.8 Å². The van der Waals surface area contributed by atoms with Gasteiger partial charge in [-0.1, -0.05) is 17.7 Å². The second kappa shape index (κ2) is 7.73. The monoisotopic (exact) mass is 267 g/mol. The van der Waals surface area contributed by atoms with Crippen LogP contribution < -0.4 is 5.32 Å². The van der Waals surface area contributed by atoms with Gasteiger partial charge in [-0.3, -0.25) is 4.79 Å². The van der Waals surface area contributed by atoms with E-state index < -0.39 is 5.82 Å². The van der Waals surface area contributed by atoms with E-state index in [0.29, 0.717) is 12.1 Å². The van der Waals surface area contributed by atoms with Crippen LogP contribution in [0.15, 0.2) is 18.2 Å². The first-order valence-corrected chi connectivity index (χ1v) is 6.15. The summed E-state index contributed by atoms with van der Waals surface area (Å²) in [5, 5.41) is 3.05. The summed E-state index contributed by atoms with van der Waals surface area (Å²) in [6.45, 7) is 0.597. The van der Waals surface area contributed by atoms with Gasteiger partial charge >= 0.3 is 0 Å². The molecule has 18 heavy (non-hydrogen) atoms. The maximum atomic E-state index is 12.8. The van der Waals surface area contributed by atoms with Crippen molar-refractivity contribution in [3.8, 4) is 12.3 Å². The zero-order chi connectivity index (χ0) is 13.4. The normalized spacial score (nSPS) is 9.83. The minimum Gasteiger partial charge on any atom is -0.356 e. The molecule has 0 aliphatic heterocycles. The van der Waals surface area contributed by atoms with Crippen LogP contribution in [-0.4, -0.2) is 12.5 Å². The fourth-order valence-corrected chi connectivity index (χ4v) is 1.71. The van der Waals surface area contributed by atoms with Crippen molar-refractivity contribution in [1.29, 1.82) is 0 Å². The van der Waals surface area contributed by atoms with E-state index in [1.54, 1.807) is 0 Å². The van der Waals surface area contributed by atoms with Gasteiger partial charge in [-0.15, -0.1) is 12.3 Å². The Morgan fingerprint density at radius 3 is 2.89 bits per heavy atom. The lowest BCUT2D eigenvalue weighted by molar-refractivity contribution is -0.120. The average molecular weight is 268 g/mol. The molecule has 1 aromatic carbocycles. The SMILES string of the molecule is C#CCCCCNC(=O)Cc1ccc(F)cc1Cl. The summed E-state index contributed by atoms with van der Waals surface area (Å²) < 4.78 is 12.8. The van der Waals surface area contributed by atoms with Crippen molar-refractivity contribution in [2.75, 3.05) is 6.54 Å². The number of carbonyl (C=O) groups is 1. The standard InChI is InChI=1S/C14H15ClFNO/c1-2-3-4-5-8-17-14(18)9-11-6-7-12(16)10-13(11)15/h1,6-7,10H,3-5,8-9H2,(H,17,18). The van der Waals surface area contributed by atoms with E-state index in [1.807, 2.05) is 0 Å². The predicted octanol–water partition coefficient (Wildman–Crippen LogP) is 2.94. The molecule has 0 unspecified atom stereocenters. The summed E-state index contributed by atoms with van der Waals surface area (Å²) in [7, 11) is 0. The lowest BCUT2D eigenvalue weighted by Crippen LogP contribution is -2.26. The topological polar surface area (TPSA) is 29.1 Å². The Balaban J connectivity index is 2.34. The maximum absolute atomic E-state index is 12.8. The van der Waals surface area contributed by atoms with Gasteiger partial charge in [0.2, 0.25) is 5.91 Å². The fraction of sp³-hybridized carbons (Fsp3) is 0.357. The minimum absolute atomic E-state index is 0.121. The Labute approximate surface area is 112 Å². The molecule has 2 nitrogen and oxygen atoms in total. The maximum Gasteiger partial charge on any atom is 0.224 e. The third-order valence-electron chi connectivity index (χ3n) is 2.44. The number of hydrogen-bond acceptors (Lipinski definition) is 1. The fourth-order valence-electron chi connectivity index (χ4n) is 1.48. The third kappa shape index (κ3) is 5.20. The molecule has 0 fully saturated rings. The zero-order valence-electron chi connectivity index (χ0n) is 10.0. The van der Waals surface area contributed by atoms with Crippen molar-refractivity contribution >= 4 is 17.5 Å². The molecule has 0 atom stereocenters. The summed E-state index contributed by atoms with van der Waals surface area (Å²) in [6, 6.07) is 4.02. The second-order valence-electron chi connectivity index (χ2n) is 3.92. The molecule has 0 radical (unpaired) electrons. The molecule has 1 amide bonds. The Morgan fingerprint density at radius 2 is 2.22 bits per heavy atom. The number of rotatable bonds is 6. The van der Waals surface area contributed by atoms with Gasteiger partial charge in [0.15, 0.2) is 0 Å². The number of carbonyl (C=O) groups excluding carboxylic acids is 1. The number of halogens is 2. The van der Waals surface area contributed by atoms with Crippen LogP contribution in [0.5, 0.6) is 0 Å².